The van der Waals surface area contributed by atoms with Crippen molar-refractivity contribution in [1.82, 2.24) is 19.7 Å². The molecule has 0 radical (unpaired) electrons. The van der Waals surface area contributed by atoms with Gasteiger partial charge in [0.25, 0.3) is 5.91 Å². The van der Waals surface area contributed by atoms with E-state index in [0.29, 0.717) is 23.9 Å². The van der Waals surface area contributed by atoms with E-state index in [4.69, 9.17) is 4.74 Å². The molecule has 2 aliphatic rings. The molecular weight excluding hydrogens is 292 g/mol. The van der Waals surface area contributed by atoms with Gasteiger partial charge in [0.15, 0.2) is 5.82 Å². The molecule has 2 aromatic heterocycles. The van der Waals surface area contributed by atoms with Gasteiger partial charge in [0, 0.05) is 36.6 Å². The summed E-state index contributed by atoms with van der Waals surface area (Å²) in [7, 11) is 0. The highest BCUT2D eigenvalue weighted by molar-refractivity contribution is 5.95. The van der Waals surface area contributed by atoms with Crippen LogP contribution in [0.15, 0.2) is 36.8 Å². The van der Waals surface area contributed by atoms with Gasteiger partial charge >= 0.3 is 0 Å². The second-order valence-corrected chi connectivity index (χ2v) is 6.99. The van der Waals surface area contributed by atoms with E-state index in [-0.39, 0.29) is 17.4 Å². The number of pyridine rings is 1. The first-order valence-corrected chi connectivity index (χ1v) is 7.91. The fraction of sp³-hybridized carbons (Fsp3) is 0.471. The molecule has 2 saturated heterocycles. The monoisotopic (exact) mass is 312 g/mol. The van der Waals surface area contributed by atoms with Crippen LogP contribution in [-0.4, -0.2) is 51.4 Å². The number of ether oxygens (including phenoxy) is 1. The van der Waals surface area contributed by atoms with E-state index in [2.05, 4.69) is 23.9 Å². The molecule has 0 bridgehead atoms. The van der Waals surface area contributed by atoms with Crippen molar-refractivity contribution in [3.05, 3.63) is 42.4 Å². The summed E-state index contributed by atoms with van der Waals surface area (Å²) >= 11 is 0. The van der Waals surface area contributed by atoms with Crippen LogP contribution in [0.25, 0.3) is 5.82 Å². The number of hydrogen-bond donors (Lipinski definition) is 0. The molecule has 2 aliphatic heterocycles. The van der Waals surface area contributed by atoms with Crippen LogP contribution in [-0.2, 0) is 4.74 Å². The lowest BCUT2D eigenvalue weighted by molar-refractivity contribution is 0.0665. The minimum atomic E-state index is 0.0480. The van der Waals surface area contributed by atoms with Gasteiger partial charge in [-0.1, -0.05) is 13.8 Å². The van der Waals surface area contributed by atoms with Gasteiger partial charge in [-0.25, -0.2) is 9.67 Å². The molecule has 0 unspecified atom stereocenters. The van der Waals surface area contributed by atoms with Crippen molar-refractivity contribution in [3.8, 4) is 5.82 Å². The minimum Gasteiger partial charge on any atom is -0.379 e. The molecule has 6 nitrogen and oxygen atoms in total. The SMILES string of the molecule is CC1(C)CN(C(=O)c2ccnc(-n3cccn3)c2)[C@@H]2COC[C@@H]21. The van der Waals surface area contributed by atoms with E-state index >= 15 is 0 Å². The largest absolute Gasteiger partial charge is 0.379 e. The maximum absolute atomic E-state index is 13.0. The number of fused-ring (bicyclic) bond motifs is 1. The summed E-state index contributed by atoms with van der Waals surface area (Å²) in [6.07, 6.45) is 5.17. The Balaban J connectivity index is 1.64. The summed E-state index contributed by atoms with van der Waals surface area (Å²) in [5, 5.41) is 4.17. The van der Waals surface area contributed by atoms with E-state index in [9.17, 15) is 4.79 Å². The number of rotatable bonds is 2. The molecule has 6 heteroatoms. The maximum atomic E-state index is 13.0. The van der Waals surface area contributed by atoms with Crippen molar-refractivity contribution in [2.75, 3.05) is 19.8 Å². The highest BCUT2D eigenvalue weighted by Crippen LogP contribution is 2.43. The molecule has 0 spiro atoms. The molecular formula is C17H20N4O2. The lowest BCUT2D eigenvalue weighted by Gasteiger charge is -2.24. The molecule has 2 aromatic rings. The Labute approximate surface area is 135 Å². The van der Waals surface area contributed by atoms with Gasteiger partial charge < -0.3 is 9.64 Å². The topological polar surface area (TPSA) is 60.2 Å². The summed E-state index contributed by atoms with van der Waals surface area (Å²) in [6, 6.07) is 5.58. The molecule has 2 atom stereocenters. The third kappa shape index (κ3) is 2.34. The Kier molecular flexibility index (Phi) is 3.23. The Morgan fingerprint density at radius 2 is 2.22 bits per heavy atom. The molecule has 0 N–H and O–H groups in total. The summed E-state index contributed by atoms with van der Waals surface area (Å²) in [5.74, 6) is 1.12. The zero-order chi connectivity index (χ0) is 16.0. The van der Waals surface area contributed by atoms with Gasteiger partial charge in [-0.3, -0.25) is 4.79 Å². The summed E-state index contributed by atoms with van der Waals surface area (Å²) in [5.41, 5.74) is 0.739. The first-order valence-electron chi connectivity index (χ1n) is 7.91. The van der Waals surface area contributed by atoms with Gasteiger partial charge in [0.05, 0.1) is 19.3 Å². The molecule has 4 rings (SSSR count). The Morgan fingerprint density at radius 3 is 3.00 bits per heavy atom. The van der Waals surface area contributed by atoms with Crippen LogP contribution in [0.2, 0.25) is 0 Å². The smallest absolute Gasteiger partial charge is 0.254 e. The molecule has 23 heavy (non-hydrogen) atoms. The Hall–Kier alpha value is -2.21. The number of amides is 1. The lowest BCUT2D eigenvalue weighted by Crippen LogP contribution is -2.38. The van der Waals surface area contributed by atoms with Gasteiger partial charge in [-0.15, -0.1) is 0 Å². The summed E-state index contributed by atoms with van der Waals surface area (Å²) in [6.45, 7) is 6.58. The zero-order valence-electron chi connectivity index (χ0n) is 13.3. The van der Waals surface area contributed by atoms with Crippen molar-refractivity contribution in [2.45, 2.75) is 19.9 Å². The van der Waals surface area contributed by atoms with E-state index in [1.165, 1.54) is 0 Å². The van der Waals surface area contributed by atoms with Gasteiger partial charge in [0.1, 0.15) is 0 Å². The number of carbonyl (C=O) groups is 1. The molecule has 120 valence electrons. The predicted octanol–water partition coefficient (Wildman–Crippen LogP) is 1.76. The average molecular weight is 312 g/mol. The molecule has 2 fully saturated rings. The van der Waals surface area contributed by atoms with E-state index in [0.717, 1.165) is 13.2 Å². The number of aromatic nitrogens is 3. The maximum Gasteiger partial charge on any atom is 0.254 e. The fourth-order valence-corrected chi connectivity index (χ4v) is 3.74. The van der Waals surface area contributed by atoms with Gasteiger partial charge in [-0.2, -0.15) is 5.10 Å². The van der Waals surface area contributed by atoms with Crippen LogP contribution in [0.4, 0.5) is 0 Å². The second kappa shape index (κ2) is 5.16. The number of carbonyl (C=O) groups excluding carboxylic acids is 1. The third-order valence-corrected chi connectivity index (χ3v) is 5.02. The number of hydrogen-bond acceptors (Lipinski definition) is 4. The Bertz CT molecular complexity index is 726. The first-order chi connectivity index (χ1) is 11.1. The number of nitrogens with zero attached hydrogens (tertiary/aromatic N) is 4. The summed E-state index contributed by atoms with van der Waals surface area (Å²) < 4.78 is 7.28. The van der Waals surface area contributed by atoms with Crippen LogP contribution in [0, 0.1) is 11.3 Å². The van der Waals surface area contributed by atoms with Crippen LogP contribution in [0.3, 0.4) is 0 Å². The van der Waals surface area contributed by atoms with Crippen molar-refractivity contribution in [1.29, 1.82) is 0 Å². The predicted molar refractivity (Wildman–Crippen MR) is 84.3 cm³/mol. The quantitative estimate of drug-likeness (QED) is 0.848. The summed E-state index contributed by atoms with van der Waals surface area (Å²) in [4.78, 5) is 19.3. The average Bonchev–Trinajstić information content (AvgIpc) is 3.25. The highest BCUT2D eigenvalue weighted by atomic mass is 16.5. The van der Waals surface area contributed by atoms with Gasteiger partial charge in [0.2, 0.25) is 0 Å². The highest BCUT2D eigenvalue weighted by Gasteiger charge is 2.51. The van der Waals surface area contributed by atoms with Gasteiger partial charge in [-0.05, 0) is 23.6 Å². The van der Waals surface area contributed by atoms with Crippen LogP contribution in [0.5, 0.6) is 0 Å². The molecule has 1 amide bonds. The van der Waals surface area contributed by atoms with Crippen molar-refractivity contribution in [3.63, 3.8) is 0 Å². The van der Waals surface area contributed by atoms with Crippen molar-refractivity contribution in [2.24, 2.45) is 11.3 Å². The third-order valence-electron chi connectivity index (χ3n) is 5.02. The van der Waals surface area contributed by atoms with E-state index in [1.807, 2.05) is 17.2 Å². The molecule has 0 saturated carbocycles. The normalized spacial score (nSPS) is 25.6. The minimum absolute atomic E-state index is 0.0480. The number of likely N-dealkylation sites (tertiary alicyclic amines) is 1. The first kappa shape index (κ1) is 14.4. The van der Waals surface area contributed by atoms with Crippen LogP contribution < -0.4 is 0 Å². The van der Waals surface area contributed by atoms with Crippen LogP contribution in [0.1, 0.15) is 24.2 Å². The van der Waals surface area contributed by atoms with E-state index in [1.54, 1.807) is 29.2 Å². The van der Waals surface area contributed by atoms with Crippen molar-refractivity contribution < 1.29 is 9.53 Å². The fourth-order valence-electron chi connectivity index (χ4n) is 3.74. The molecule has 4 heterocycles. The van der Waals surface area contributed by atoms with Crippen LogP contribution >= 0.6 is 0 Å². The zero-order valence-corrected chi connectivity index (χ0v) is 13.3. The molecule has 0 aromatic carbocycles. The van der Waals surface area contributed by atoms with Crippen molar-refractivity contribution >= 4 is 5.91 Å². The standard InChI is InChI=1S/C17H20N4O2/c1-17(2)11-20(14-10-23-9-13(14)17)16(22)12-4-6-18-15(8-12)21-7-3-5-19-21/h3-8,13-14H,9-11H2,1-2H3/t13-,14+/m0/s1. The second-order valence-electron chi connectivity index (χ2n) is 6.99. The molecule has 0 aliphatic carbocycles. The van der Waals surface area contributed by atoms with E-state index < -0.39 is 0 Å². The lowest BCUT2D eigenvalue weighted by atomic mass is 9.80. The Morgan fingerprint density at radius 1 is 1.35 bits per heavy atom.